The SMILES string of the molecule is CN(CCC(=O)O)C(=O)c1cc2c(cn1)OCCC2. The maximum absolute atomic E-state index is 12.1. The third-order valence-corrected chi connectivity index (χ3v) is 3.02. The van der Waals surface area contributed by atoms with E-state index < -0.39 is 5.97 Å². The molecule has 0 aromatic carbocycles. The Balaban J connectivity index is 2.08. The van der Waals surface area contributed by atoms with Crippen LogP contribution in [0.5, 0.6) is 5.75 Å². The first-order valence-electron chi connectivity index (χ1n) is 6.17. The van der Waals surface area contributed by atoms with E-state index in [0.29, 0.717) is 12.3 Å². The molecule has 1 amide bonds. The van der Waals surface area contributed by atoms with Crippen LogP contribution < -0.4 is 4.74 Å². The summed E-state index contributed by atoms with van der Waals surface area (Å²) in [5.41, 5.74) is 1.31. The Hall–Kier alpha value is -2.11. The molecule has 102 valence electrons. The van der Waals surface area contributed by atoms with E-state index in [4.69, 9.17) is 9.84 Å². The normalized spacial score (nSPS) is 13.3. The monoisotopic (exact) mass is 264 g/mol. The van der Waals surface area contributed by atoms with Gasteiger partial charge in [-0.3, -0.25) is 9.59 Å². The molecule has 1 aliphatic rings. The summed E-state index contributed by atoms with van der Waals surface area (Å²) >= 11 is 0. The Morgan fingerprint density at radius 2 is 2.32 bits per heavy atom. The Labute approximate surface area is 111 Å². The maximum Gasteiger partial charge on any atom is 0.305 e. The summed E-state index contributed by atoms with van der Waals surface area (Å²) in [6.45, 7) is 0.851. The lowest BCUT2D eigenvalue weighted by Gasteiger charge is -2.19. The van der Waals surface area contributed by atoms with Gasteiger partial charge in [0.25, 0.3) is 5.91 Å². The van der Waals surface area contributed by atoms with Gasteiger partial charge in [0.15, 0.2) is 0 Å². The number of hydrogen-bond donors (Lipinski definition) is 1. The van der Waals surface area contributed by atoms with E-state index in [0.717, 1.165) is 24.2 Å². The molecule has 19 heavy (non-hydrogen) atoms. The highest BCUT2D eigenvalue weighted by molar-refractivity contribution is 5.92. The van der Waals surface area contributed by atoms with E-state index in [1.807, 2.05) is 0 Å². The van der Waals surface area contributed by atoms with E-state index in [1.165, 1.54) is 4.90 Å². The number of carboxylic acid groups (broad SMARTS) is 1. The van der Waals surface area contributed by atoms with Crippen molar-refractivity contribution in [3.63, 3.8) is 0 Å². The number of ether oxygens (including phenoxy) is 1. The number of rotatable bonds is 4. The quantitative estimate of drug-likeness (QED) is 0.876. The lowest BCUT2D eigenvalue weighted by Crippen LogP contribution is -2.30. The minimum Gasteiger partial charge on any atom is -0.492 e. The summed E-state index contributed by atoms with van der Waals surface area (Å²) in [6, 6.07) is 1.73. The van der Waals surface area contributed by atoms with Gasteiger partial charge < -0.3 is 14.7 Å². The van der Waals surface area contributed by atoms with Crippen molar-refractivity contribution in [2.45, 2.75) is 19.3 Å². The van der Waals surface area contributed by atoms with Gasteiger partial charge in [-0.15, -0.1) is 0 Å². The topological polar surface area (TPSA) is 79.7 Å². The van der Waals surface area contributed by atoms with E-state index in [2.05, 4.69) is 4.98 Å². The van der Waals surface area contributed by atoms with Crippen molar-refractivity contribution in [3.05, 3.63) is 23.5 Å². The lowest BCUT2D eigenvalue weighted by atomic mass is 10.1. The van der Waals surface area contributed by atoms with Gasteiger partial charge in [0.05, 0.1) is 19.2 Å². The Morgan fingerprint density at radius 3 is 3.05 bits per heavy atom. The van der Waals surface area contributed by atoms with Crippen LogP contribution in [0.3, 0.4) is 0 Å². The number of aliphatic carboxylic acids is 1. The predicted molar refractivity (Wildman–Crippen MR) is 67.3 cm³/mol. The van der Waals surface area contributed by atoms with E-state index >= 15 is 0 Å². The van der Waals surface area contributed by atoms with Gasteiger partial charge >= 0.3 is 5.97 Å². The molecule has 0 atom stereocenters. The van der Waals surface area contributed by atoms with Gasteiger partial charge in [-0.25, -0.2) is 4.98 Å². The van der Waals surface area contributed by atoms with E-state index in [9.17, 15) is 9.59 Å². The fraction of sp³-hybridized carbons (Fsp3) is 0.462. The Bertz CT molecular complexity index is 501. The number of aromatic nitrogens is 1. The number of pyridine rings is 1. The highest BCUT2D eigenvalue weighted by atomic mass is 16.5. The van der Waals surface area contributed by atoms with Crippen LogP contribution in [0.2, 0.25) is 0 Å². The maximum atomic E-state index is 12.1. The molecular weight excluding hydrogens is 248 g/mol. The largest absolute Gasteiger partial charge is 0.492 e. The molecule has 6 heteroatoms. The zero-order valence-electron chi connectivity index (χ0n) is 10.8. The van der Waals surface area contributed by atoms with Crippen molar-refractivity contribution in [3.8, 4) is 5.75 Å². The second kappa shape index (κ2) is 5.69. The fourth-order valence-electron chi connectivity index (χ4n) is 1.93. The van der Waals surface area contributed by atoms with Gasteiger partial charge in [-0.2, -0.15) is 0 Å². The van der Waals surface area contributed by atoms with Gasteiger partial charge in [0, 0.05) is 13.6 Å². The van der Waals surface area contributed by atoms with E-state index in [1.54, 1.807) is 19.3 Å². The summed E-state index contributed by atoms with van der Waals surface area (Å²) in [4.78, 5) is 28.0. The van der Waals surface area contributed by atoms with Gasteiger partial charge in [0.2, 0.25) is 0 Å². The van der Waals surface area contributed by atoms with Gasteiger partial charge in [-0.1, -0.05) is 0 Å². The second-order valence-corrected chi connectivity index (χ2v) is 4.50. The van der Waals surface area contributed by atoms with Crippen LogP contribution in [0.25, 0.3) is 0 Å². The first-order chi connectivity index (χ1) is 9.08. The smallest absolute Gasteiger partial charge is 0.305 e. The molecule has 0 fully saturated rings. The number of nitrogens with zero attached hydrogens (tertiary/aromatic N) is 2. The minimum absolute atomic E-state index is 0.0731. The zero-order chi connectivity index (χ0) is 13.8. The van der Waals surface area contributed by atoms with Crippen LogP contribution >= 0.6 is 0 Å². The van der Waals surface area contributed by atoms with Crippen molar-refractivity contribution in [2.24, 2.45) is 0 Å². The zero-order valence-corrected chi connectivity index (χ0v) is 10.8. The molecule has 0 bridgehead atoms. The standard InChI is InChI=1S/C13H16N2O4/c1-15(5-4-12(16)17)13(18)10-7-9-3-2-6-19-11(9)8-14-10/h7-8H,2-6H2,1H3,(H,16,17). The molecule has 1 aromatic heterocycles. The molecule has 2 rings (SSSR count). The van der Waals surface area contributed by atoms with Crippen LogP contribution in [0.4, 0.5) is 0 Å². The summed E-state index contributed by atoms with van der Waals surface area (Å²) in [6.07, 6.45) is 3.29. The molecule has 0 saturated heterocycles. The summed E-state index contributed by atoms with van der Waals surface area (Å²) in [7, 11) is 1.57. The first kappa shape index (κ1) is 13.3. The van der Waals surface area contributed by atoms with Crippen molar-refractivity contribution in [2.75, 3.05) is 20.2 Å². The van der Waals surface area contributed by atoms with Crippen LogP contribution in [-0.4, -0.2) is 47.1 Å². The molecule has 0 aliphatic carbocycles. The first-order valence-corrected chi connectivity index (χ1v) is 6.17. The second-order valence-electron chi connectivity index (χ2n) is 4.50. The summed E-state index contributed by atoms with van der Waals surface area (Å²) in [5, 5.41) is 8.60. The molecule has 1 aromatic rings. The number of amides is 1. The number of fused-ring (bicyclic) bond motifs is 1. The van der Waals surface area contributed by atoms with Crippen molar-refractivity contribution in [1.29, 1.82) is 0 Å². The molecule has 2 heterocycles. The van der Waals surface area contributed by atoms with Crippen LogP contribution in [-0.2, 0) is 11.2 Å². The van der Waals surface area contributed by atoms with E-state index in [-0.39, 0.29) is 18.9 Å². The molecular formula is C13H16N2O4. The molecule has 0 saturated carbocycles. The van der Waals surface area contributed by atoms with Crippen molar-refractivity contribution >= 4 is 11.9 Å². The van der Waals surface area contributed by atoms with Crippen molar-refractivity contribution in [1.82, 2.24) is 9.88 Å². The van der Waals surface area contributed by atoms with Crippen LogP contribution in [0.15, 0.2) is 12.3 Å². The number of hydrogen-bond acceptors (Lipinski definition) is 4. The third-order valence-electron chi connectivity index (χ3n) is 3.02. The predicted octanol–water partition coefficient (Wildman–Crippen LogP) is 0.953. The number of carbonyl (C=O) groups is 2. The highest BCUT2D eigenvalue weighted by Gasteiger charge is 2.18. The average molecular weight is 264 g/mol. The molecule has 0 radical (unpaired) electrons. The van der Waals surface area contributed by atoms with Gasteiger partial charge in [0.1, 0.15) is 11.4 Å². The highest BCUT2D eigenvalue weighted by Crippen LogP contribution is 2.24. The van der Waals surface area contributed by atoms with Crippen LogP contribution in [0.1, 0.15) is 28.9 Å². The van der Waals surface area contributed by atoms with Crippen molar-refractivity contribution < 1.29 is 19.4 Å². The van der Waals surface area contributed by atoms with Crippen LogP contribution in [0, 0.1) is 0 Å². The summed E-state index contributed by atoms with van der Waals surface area (Å²) < 4.78 is 5.43. The average Bonchev–Trinajstić information content (AvgIpc) is 2.43. The van der Waals surface area contributed by atoms with Gasteiger partial charge in [-0.05, 0) is 24.5 Å². The Kier molecular flexibility index (Phi) is 3.99. The Morgan fingerprint density at radius 1 is 1.53 bits per heavy atom. The molecule has 6 nitrogen and oxygen atoms in total. The number of aryl methyl sites for hydroxylation is 1. The minimum atomic E-state index is -0.925. The number of carboxylic acids is 1. The molecule has 0 spiro atoms. The third kappa shape index (κ3) is 3.21. The fourth-order valence-corrected chi connectivity index (χ4v) is 1.93. The molecule has 1 aliphatic heterocycles. The lowest BCUT2D eigenvalue weighted by molar-refractivity contribution is -0.137. The summed E-state index contributed by atoms with van der Waals surface area (Å²) in [5.74, 6) is -0.461. The molecule has 1 N–H and O–H groups in total. The number of carbonyl (C=O) groups excluding carboxylic acids is 1. The molecule has 0 unspecified atom stereocenters.